The van der Waals surface area contributed by atoms with Crippen LogP contribution in [0.5, 0.6) is 0 Å². The summed E-state index contributed by atoms with van der Waals surface area (Å²) in [7, 11) is 2.77. The second-order valence-corrected chi connectivity index (χ2v) is 9.26. The Hall–Kier alpha value is -3.52. The van der Waals surface area contributed by atoms with Gasteiger partial charge in [0.15, 0.2) is 5.11 Å². The zero-order valence-electron chi connectivity index (χ0n) is 19.7. The minimum absolute atomic E-state index is 0.0632. The van der Waals surface area contributed by atoms with Gasteiger partial charge in [-0.3, -0.25) is 14.5 Å². The van der Waals surface area contributed by atoms with Crippen LogP contribution in [0.3, 0.4) is 0 Å². The molecular weight excluding hydrogens is 484 g/mol. The number of amides is 2. The molecule has 0 atom stereocenters. The number of carbonyl (C=O) groups excluding carboxylic acids is 2. The van der Waals surface area contributed by atoms with E-state index in [1.807, 2.05) is 0 Å². The van der Waals surface area contributed by atoms with E-state index >= 15 is 0 Å². The maximum absolute atomic E-state index is 14.5. The molecular formula is C24H24F4N4O2S. The third kappa shape index (κ3) is 6.54. The van der Waals surface area contributed by atoms with Gasteiger partial charge in [0, 0.05) is 26.2 Å². The van der Waals surface area contributed by atoms with E-state index in [9.17, 15) is 27.2 Å². The number of nitrogens with zero attached hydrogens (tertiary/aromatic N) is 3. The first-order valence-electron chi connectivity index (χ1n) is 10.3. The Labute approximate surface area is 206 Å². The molecule has 0 aliphatic rings. The third-order valence-corrected chi connectivity index (χ3v) is 5.36. The maximum Gasteiger partial charge on any atom is 0.417 e. The predicted molar refractivity (Wildman–Crippen MR) is 129 cm³/mol. The fourth-order valence-corrected chi connectivity index (χ4v) is 3.50. The SMILES string of the molecule is CNC(=O)c1ccc(N(C)C(=S)N(C(=O)CC(C)(C)C)c2ccc(C#N)c(C(F)(F)F)c2)cc1F. The highest BCUT2D eigenvalue weighted by molar-refractivity contribution is 7.81. The third-order valence-electron chi connectivity index (χ3n) is 4.91. The molecule has 0 saturated heterocycles. The fourth-order valence-electron chi connectivity index (χ4n) is 3.19. The first kappa shape index (κ1) is 27.7. The molecule has 2 aromatic rings. The van der Waals surface area contributed by atoms with Gasteiger partial charge in [-0.2, -0.15) is 18.4 Å². The largest absolute Gasteiger partial charge is 0.417 e. The van der Waals surface area contributed by atoms with Crippen molar-refractivity contribution in [1.82, 2.24) is 5.32 Å². The van der Waals surface area contributed by atoms with Crippen LogP contribution in [0.2, 0.25) is 0 Å². The van der Waals surface area contributed by atoms with Crippen molar-refractivity contribution in [2.75, 3.05) is 23.9 Å². The van der Waals surface area contributed by atoms with E-state index in [-0.39, 0.29) is 28.5 Å². The van der Waals surface area contributed by atoms with Crippen LogP contribution in [0.15, 0.2) is 36.4 Å². The van der Waals surface area contributed by atoms with Gasteiger partial charge in [-0.25, -0.2) is 4.39 Å². The van der Waals surface area contributed by atoms with Gasteiger partial charge in [0.2, 0.25) is 5.91 Å². The standard InChI is InChI=1S/C24H24F4N4O2S/c1-23(2,3)12-20(33)32(16-7-6-14(13-29)18(10-16)24(26,27)28)22(35)31(5)15-8-9-17(19(25)11-15)21(34)30-4/h6-11H,12H2,1-5H3,(H,30,34). The summed E-state index contributed by atoms with van der Waals surface area (Å²) < 4.78 is 55.3. The Balaban J connectivity index is 2.59. The Morgan fingerprint density at radius 1 is 1.09 bits per heavy atom. The molecule has 6 nitrogen and oxygen atoms in total. The summed E-state index contributed by atoms with van der Waals surface area (Å²) in [4.78, 5) is 27.2. The molecule has 0 aromatic heterocycles. The van der Waals surface area contributed by atoms with Crippen LogP contribution in [-0.4, -0.2) is 31.0 Å². The van der Waals surface area contributed by atoms with Gasteiger partial charge in [0.05, 0.1) is 28.4 Å². The molecule has 0 heterocycles. The molecule has 0 aliphatic carbocycles. The lowest BCUT2D eigenvalue weighted by Crippen LogP contribution is -2.46. The average molecular weight is 509 g/mol. The van der Waals surface area contributed by atoms with Crippen LogP contribution < -0.4 is 15.1 Å². The number of benzene rings is 2. The fraction of sp³-hybridized carbons (Fsp3) is 0.333. The van der Waals surface area contributed by atoms with Gasteiger partial charge in [0.1, 0.15) is 5.82 Å². The van der Waals surface area contributed by atoms with Gasteiger partial charge in [-0.1, -0.05) is 20.8 Å². The highest BCUT2D eigenvalue weighted by Gasteiger charge is 2.36. The van der Waals surface area contributed by atoms with E-state index in [4.69, 9.17) is 17.5 Å². The summed E-state index contributed by atoms with van der Waals surface area (Å²) in [6, 6.07) is 8.01. The minimum atomic E-state index is -4.84. The Kier molecular flexibility index (Phi) is 8.23. The molecule has 2 aromatic carbocycles. The van der Waals surface area contributed by atoms with Gasteiger partial charge in [-0.15, -0.1) is 0 Å². The lowest BCUT2D eigenvalue weighted by molar-refractivity contribution is -0.137. The predicted octanol–water partition coefficient (Wildman–Crippen LogP) is 5.27. The van der Waals surface area contributed by atoms with E-state index in [2.05, 4.69) is 5.32 Å². The smallest absolute Gasteiger partial charge is 0.355 e. The van der Waals surface area contributed by atoms with Crippen LogP contribution in [0.1, 0.15) is 48.7 Å². The summed E-state index contributed by atoms with van der Waals surface area (Å²) in [5.41, 5.74) is -2.57. The highest BCUT2D eigenvalue weighted by Crippen LogP contribution is 2.35. The average Bonchev–Trinajstić information content (AvgIpc) is 2.76. The maximum atomic E-state index is 14.5. The van der Waals surface area contributed by atoms with Gasteiger partial charge >= 0.3 is 6.18 Å². The molecule has 0 spiro atoms. The number of halogens is 4. The molecule has 1 N–H and O–H groups in total. The van der Waals surface area contributed by atoms with Crippen molar-refractivity contribution >= 4 is 40.5 Å². The number of hydrogen-bond donors (Lipinski definition) is 1. The van der Waals surface area contributed by atoms with Crippen molar-refractivity contribution in [3.05, 3.63) is 58.9 Å². The summed E-state index contributed by atoms with van der Waals surface area (Å²) >= 11 is 5.46. The molecule has 0 radical (unpaired) electrons. The number of carbonyl (C=O) groups is 2. The second-order valence-electron chi connectivity index (χ2n) is 8.89. The number of nitriles is 1. The Morgan fingerprint density at radius 2 is 1.69 bits per heavy atom. The zero-order valence-corrected chi connectivity index (χ0v) is 20.6. The zero-order chi connectivity index (χ0) is 26.7. The minimum Gasteiger partial charge on any atom is -0.355 e. The van der Waals surface area contributed by atoms with E-state index in [1.165, 1.54) is 43.3 Å². The normalized spacial score (nSPS) is 11.4. The van der Waals surface area contributed by atoms with E-state index in [0.717, 1.165) is 17.0 Å². The van der Waals surface area contributed by atoms with E-state index < -0.39 is 40.3 Å². The van der Waals surface area contributed by atoms with Crippen molar-refractivity contribution in [3.63, 3.8) is 0 Å². The molecule has 2 rings (SSSR count). The molecule has 186 valence electrons. The molecule has 0 unspecified atom stereocenters. The van der Waals surface area contributed by atoms with Crippen LogP contribution in [0, 0.1) is 22.6 Å². The molecule has 2 amide bonds. The first-order valence-corrected chi connectivity index (χ1v) is 10.7. The number of alkyl halides is 3. The summed E-state index contributed by atoms with van der Waals surface area (Å²) in [6.07, 6.45) is -4.90. The number of thiocarbonyl (C=S) groups is 1. The molecule has 0 bridgehead atoms. The monoisotopic (exact) mass is 508 g/mol. The Bertz CT molecular complexity index is 1200. The molecule has 35 heavy (non-hydrogen) atoms. The van der Waals surface area contributed by atoms with Crippen molar-refractivity contribution in [2.45, 2.75) is 33.4 Å². The van der Waals surface area contributed by atoms with E-state index in [0.29, 0.717) is 6.07 Å². The molecule has 11 heteroatoms. The van der Waals surface area contributed by atoms with Crippen molar-refractivity contribution in [2.24, 2.45) is 5.41 Å². The first-order chi connectivity index (χ1) is 16.1. The number of nitrogens with one attached hydrogen (secondary N) is 1. The topological polar surface area (TPSA) is 76.4 Å². The van der Waals surface area contributed by atoms with Crippen LogP contribution >= 0.6 is 12.2 Å². The summed E-state index contributed by atoms with van der Waals surface area (Å²) in [5, 5.41) is 11.2. The second kappa shape index (κ2) is 10.4. The summed E-state index contributed by atoms with van der Waals surface area (Å²) in [5.74, 6) is -2.07. The van der Waals surface area contributed by atoms with Gasteiger partial charge in [0.25, 0.3) is 5.91 Å². The van der Waals surface area contributed by atoms with Gasteiger partial charge in [-0.05, 0) is 54.0 Å². The number of rotatable bonds is 4. The van der Waals surface area contributed by atoms with E-state index in [1.54, 1.807) is 20.8 Å². The molecule has 0 aliphatic heterocycles. The van der Waals surface area contributed by atoms with Crippen molar-refractivity contribution < 1.29 is 27.2 Å². The summed E-state index contributed by atoms with van der Waals surface area (Å²) in [6.45, 7) is 5.34. The van der Waals surface area contributed by atoms with Crippen LogP contribution in [0.25, 0.3) is 0 Å². The molecule has 0 saturated carbocycles. The Morgan fingerprint density at radius 3 is 2.17 bits per heavy atom. The van der Waals surface area contributed by atoms with Crippen LogP contribution in [-0.2, 0) is 11.0 Å². The lowest BCUT2D eigenvalue weighted by atomic mass is 9.91. The van der Waals surface area contributed by atoms with Gasteiger partial charge < -0.3 is 10.2 Å². The van der Waals surface area contributed by atoms with Crippen molar-refractivity contribution in [1.29, 1.82) is 5.26 Å². The number of hydrogen-bond acceptors (Lipinski definition) is 4. The van der Waals surface area contributed by atoms with Crippen molar-refractivity contribution in [3.8, 4) is 6.07 Å². The molecule has 0 fully saturated rings. The van der Waals surface area contributed by atoms with Crippen LogP contribution in [0.4, 0.5) is 28.9 Å². The number of anilines is 2. The highest BCUT2D eigenvalue weighted by atomic mass is 32.1. The lowest BCUT2D eigenvalue weighted by Gasteiger charge is -2.32. The quantitative estimate of drug-likeness (QED) is 0.450.